The molecule has 0 heterocycles. The second-order valence-electron chi connectivity index (χ2n) is 10.8. The van der Waals surface area contributed by atoms with Crippen molar-refractivity contribution in [2.75, 3.05) is 0 Å². The molecule has 2 unspecified atom stereocenters. The molecule has 1 saturated carbocycles. The van der Waals surface area contributed by atoms with E-state index in [-0.39, 0.29) is 5.92 Å². The maximum Gasteiger partial charge on any atom is 0.311 e. The number of hydrogen-bond acceptors (Lipinski definition) is 2. The van der Waals surface area contributed by atoms with Crippen molar-refractivity contribution in [2.45, 2.75) is 137 Å². The summed E-state index contributed by atoms with van der Waals surface area (Å²) in [6.07, 6.45) is 18.0. The van der Waals surface area contributed by atoms with Crippen LogP contribution in [0.4, 0.5) is 0 Å². The Hall–Kier alpha value is -1.06. The first-order chi connectivity index (χ1) is 14.7. The molecule has 0 amide bonds. The lowest BCUT2D eigenvalue weighted by Gasteiger charge is -2.51. The molecular formula is C27H50O4. The van der Waals surface area contributed by atoms with Crippen molar-refractivity contribution >= 4 is 11.9 Å². The minimum Gasteiger partial charge on any atom is -0.481 e. The summed E-state index contributed by atoms with van der Waals surface area (Å²) in [5.41, 5.74) is -2.24. The molecule has 1 rings (SSSR count). The van der Waals surface area contributed by atoms with Gasteiger partial charge in [0.2, 0.25) is 0 Å². The quantitative estimate of drug-likeness (QED) is 0.225. The van der Waals surface area contributed by atoms with Gasteiger partial charge >= 0.3 is 11.9 Å². The standard InChI is InChI=1S/C27H50O4/c1-22(2)18-14-12-10-8-6-5-7-9-11-13-15-19-26(24(28)29)20-16-17-21-27(26,23(3)4)25(30)31/h22-23H,5-21H2,1-4H3,(H,28,29)(H,30,31). The third-order valence-corrected chi connectivity index (χ3v) is 7.94. The Kier molecular flexibility index (Phi) is 12.8. The first kappa shape index (κ1) is 28.0. The molecule has 0 radical (unpaired) electrons. The van der Waals surface area contributed by atoms with Crippen molar-refractivity contribution in [1.82, 2.24) is 0 Å². The average Bonchev–Trinajstić information content (AvgIpc) is 2.70. The summed E-state index contributed by atoms with van der Waals surface area (Å²) in [6, 6.07) is 0. The Bertz CT molecular complexity index is 527. The fraction of sp³-hybridized carbons (Fsp3) is 0.926. The number of carboxylic acid groups (broad SMARTS) is 2. The lowest BCUT2D eigenvalue weighted by molar-refractivity contribution is -0.187. The normalized spacial score (nSPS) is 24.1. The average molecular weight is 439 g/mol. The number of carboxylic acids is 2. The van der Waals surface area contributed by atoms with E-state index < -0.39 is 22.8 Å². The lowest BCUT2D eigenvalue weighted by atomic mass is 9.50. The molecule has 1 fully saturated rings. The summed E-state index contributed by atoms with van der Waals surface area (Å²) in [5.74, 6) is -1.15. The molecule has 0 aromatic heterocycles. The smallest absolute Gasteiger partial charge is 0.311 e. The fourth-order valence-electron chi connectivity index (χ4n) is 6.02. The molecule has 31 heavy (non-hydrogen) atoms. The molecule has 1 aliphatic rings. The molecule has 0 spiro atoms. The number of hydrogen-bond donors (Lipinski definition) is 2. The Balaban J connectivity index is 2.33. The van der Waals surface area contributed by atoms with Crippen molar-refractivity contribution in [2.24, 2.45) is 22.7 Å². The van der Waals surface area contributed by atoms with Crippen LogP contribution >= 0.6 is 0 Å². The zero-order valence-corrected chi connectivity index (χ0v) is 20.9. The number of carbonyl (C=O) groups is 2. The predicted molar refractivity (Wildman–Crippen MR) is 128 cm³/mol. The molecule has 4 heteroatoms. The Morgan fingerprint density at radius 3 is 1.55 bits per heavy atom. The van der Waals surface area contributed by atoms with E-state index in [2.05, 4.69) is 13.8 Å². The van der Waals surface area contributed by atoms with E-state index in [9.17, 15) is 19.8 Å². The molecule has 0 aliphatic heterocycles. The van der Waals surface area contributed by atoms with Gasteiger partial charge in [0.05, 0.1) is 10.8 Å². The maximum absolute atomic E-state index is 12.4. The molecule has 2 N–H and O–H groups in total. The van der Waals surface area contributed by atoms with E-state index in [0.29, 0.717) is 19.3 Å². The minimum absolute atomic E-state index is 0.174. The van der Waals surface area contributed by atoms with Gasteiger partial charge in [-0.2, -0.15) is 0 Å². The van der Waals surface area contributed by atoms with Gasteiger partial charge in [0.1, 0.15) is 0 Å². The molecule has 0 saturated heterocycles. The summed E-state index contributed by atoms with van der Waals surface area (Å²) >= 11 is 0. The van der Waals surface area contributed by atoms with Crippen molar-refractivity contribution in [1.29, 1.82) is 0 Å². The van der Waals surface area contributed by atoms with Gasteiger partial charge in [-0.1, -0.05) is 118 Å². The topological polar surface area (TPSA) is 74.6 Å². The molecule has 2 atom stereocenters. The van der Waals surface area contributed by atoms with E-state index in [1.807, 2.05) is 13.8 Å². The summed E-state index contributed by atoms with van der Waals surface area (Å²) in [5, 5.41) is 20.3. The molecule has 1 aliphatic carbocycles. The fourth-order valence-corrected chi connectivity index (χ4v) is 6.02. The molecule has 4 nitrogen and oxygen atoms in total. The van der Waals surface area contributed by atoms with Crippen molar-refractivity contribution in [3.8, 4) is 0 Å². The predicted octanol–water partition coefficient (Wildman–Crippen LogP) is 8.09. The molecule has 0 aromatic rings. The van der Waals surface area contributed by atoms with Crippen LogP contribution in [0, 0.1) is 22.7 Å². The number of unbranched alkanes of at least 4 members (excludes halogenated alkanes) is 10. The van der Waals surface area contributed by atoms with E-state index >= 15 is 0 Å². The Morgan fingerprint density at radius 2 is 1.13 bits per heavy atom. The van der Waals surface area contributed by atoms with Gasteiger partial charge in [0.25, 0.3) is 0 Å². The Labute approximate surface area is 191 Å². The van der Waals surface area contributed by atoms with Crippen LogP contribution in [-0.2, 0) is 9.59 Å². The summed E-state index contributed by atoms with van der Waals surface area (Å²) < 4.78 is 0. The zero-order valence-electron chi connectivity index (χ0n) is 20.9. The van der Waals surface area contributed by atoms with Crippen LogP contribution in [0.3, 0.4) is 0 Å². The van der Waals surface area contributed by atoms with E-state index in [4.69, 9.17) is 0 Å². The maximum atomic E-state index is 12.4. The van der Waals surface area contributed by atoms with Crippen LogP contribution in [0.25, 0.3) is 0 Å². The molecular weight excluding hydrogens is 388 g/mol. The van der Waals surface area contributed by atoms with Gasteiger partial charge < -0.3 is 10.2 Å². The van der Waals surface area contributed by atoms with Gasteiger partial charge in [-0.05, 0) is 31.1 Å². The van der Waals surface area contributed by atoms with Crippen LogP contribution in [0.5, 0.6) is 0 Å². The van der Waals surface area contributed by atoms with Gasteiger partial charge in [-0.3, -0.25) is 9.59 Å². The molecule has 182 valence electrons. The zero-order chi connectivity index (χ0) is 23.3. The summed E-state index contributed by atoms with van der Waals surface area (Å²) in [7, 11) is 0. The number of aliphatic carboxylic acids is 2. The number of rotatable bonds is 17. The van der Waals surface area contributed by atoms with E-state index in [1.54, 1.807) is 0 Å². The summed E-state index contributed by atoms with van der Waals surface area (Å²) in [4.78, 5) is 24.7. The van der Waals surface area contributed by atoms with Gasteiger partial charge in [0, 0.05) is 0 Å². The van der Waals surface area contributed by atoms with Crippen LogP contribution in [0.1, 0.15) is 137 Å². The minimum atomic E-state index is -1.13. The molecule has 0 aromatic carbocycles. The van der Waals surface area contributed by atoms with Crippen LogP contribution in [-0.4, -0.2) is 22.2 Å². The second-order valence-corrected chi connectivity index (χ2v) is 10.8. The van der Waals surface area contributed by atoms with Crippen molar-refractivity contribution < 1.29 is 19.8 Å². The van der Waals surface area contributed by atoms with E-state index in [0.717, 1.165) is 38.0 Å². The van der Waals surface area contributed by atoms with E-state index in [1.165, 1.54) is 57.8 Å². The largest absolute Gasteiger partial charge is 0.481 e. The monoisotopic (exact) mass is 438 g/mol. The highest BCUT2D eigenvalue weighted by Gasteiger charge is 2.63. The van der Waals surface area contributed by atoms with Crippen molar-refractivity contribution in [3.63, 3.8) is 0 Å². The molecule has 0 bridgehead atoms. The third kappa shape index (κ3) is 7.79. The highest BCUT2D eigenvalue weighted by Crippen LogP contribution is 2.58. The first-order valence-electron chi connectivity index (χ1n) is 13.2. The van der Waals surface area contributed by atoms with Crippen LogP contribution in [0.15, 0.2) is 0 Å². The van der Waals surface area contributed by atoms with Crippen LogP contribution in [0.2, 0.25) is 0 Å². The first-order valence-corrected chi connectivity index (χ1v) is 13.2. The Morgan fingerprint density at radius 1 is 0.677 bits per heavy atom. The highest BCUT2D eigenvalue weighted by atomic mass is 16.4. The summed E-state index contributed by atoms with van der Waals surface area (Å²) in [6.45, 7) is 8.37. The lowest BCUT2D eigenvalue weighted by Crippen LogP contribution is -2.57. The SMILES string of the molecule is CC(C)CCCCCCCCCCCCCC1(C(=O)O)CCCCC1(C(=O)O)C(C)C. The second kappa shape index (κ2) is 14.2. The van der Waals surface area contributed by atoms with Gasteiger partial charge in [-0.15, -0.1) is 0 Å². The third-order valence-electron chi connectivity index (χ3n) is 7.94. The van der Waals surface area contributed by atoms with Crippen molar-refractivity contribution in [3.05, 3.63) is 0 Å². The van der Waals surface area contributed by atoms with Crippen LogP contribution < -0.4 is 0 Å². The van der Waals surface area contributed by atoms with Gasteiger partial charge in [0.15, 0.2) is 0 Å². The van der Waals surface area contributed by atoms with Gasteiger partial charge in [-0.25, -0.2) is 0 Å². The highest BCUT2D eigenvalue weighted by molar-refractivity contribution is 5.87.